The van der Waals surface area contributed by atoms with Crippen molar-refractivity contribution in [2.75, 3.05) is 78.5 Å². The van der Waals surface area contributed by atoms with Crippen LogP contribution in [-0.4, -0.2) is 128 Å². The van der Waals surface area contributed by atoms with Crippen LogP contribution in [0, 0.1) is 0 Å². The molecule has 0 heterocycles. The van der Waals surface area contributed by atoms with Gasteiger partial charge in [0.05, 0.1) is 24.9 Å². The molecule has 10 nitrogen and oxygen atoms in total. The van der Waals surface area contributed by atoms with Crippen molar-refractivity contribution in [3.05, 3.63) is 0 Å². The molecule has 486 valence electrons. The third-order valence-corrected chi connectivity index (χ3v) is 17.1. The highest BCUT2D eigenvalue weighted by atomic mass is 16.3. The normalized spacial score (nSPS) is 12.4. The van der Waals surface area contributed by atoms with Gasteiger partial charge in [0, 0.05) is 39.3 Å². The maximum Gasteiger partial charge on any atom is 0.234 e. The fraction of sp³-hybridized carbons (Fsp3) is 0.944. The van der Waals surface area contributed by atoms with Gasteiger partial charge in [0.2, 0.25) is 11.8 Å². The molecule has 10 heteroatoms. The van der Waals surface area contributed by atoms with E-state index in [0.717, 1.165) is 96.8 Å². The molecule has 0 radical (unpaired) electrons. The Hall–Kier alpha value is -1.88. The lowest BCUT2D eigenvalue weighted by atomic mass is 10.1. The molecule has 0 fully saturated rings. The first kappa shape index (κ1) is 80.1. The second kappa shape index (κ2) is 66.6. The minimum Gasteiger partial charge on any atom is -0.390 e. The van der Waals surface area contributed by atoms with Crippen LogP contribution in [0.2, 0.25) is 0 Å². The average molecular weight is 1160 g/mol. The Morgan fingerprint density at radius 2 is 0.598 bits per heavy atom. The number of rotatable bonds is 69. The second-order valence-electron chi connectivity index (χ2n) is 25.5. The smallest absolute Gasteiger partial charge is 0.234 e. The number of aliphatic imine (C=N–C) groups is 1. The van der Waals surface area contributed by atoms with Crippen molar-refractivity contribution < 1.29 is 19.5 Å². The average Bonchev–Trinajstić information content (AvgIpc) is 3.49. The number of aldehydes is 1. The molecule has 0 aromatic rings. The number of nitrogens with zero attached hydrogens (tertiary/aromatic N) is 4. The molecule has 0 aromatic carbocycles. The Morgan fingerprint density at radius 1 is 0.341 bits per heavy atom. The highest BCUT2D eigenvalue weighted by molar-refractivity contribution is 6.29. The van der Waals surface area contributed by atoms with E-state index in [-0.39, 0.29) is 24.9 Å². The van der Waals surface area contributed by atoms with E-state index in [4.69, 9.17) is 4.99 Å². The maximum atomic E-state index is 13.5. The summed E-state index contributed by atoms with van der Waals surface area (Å²) in [5.74, 6) is 0.118. The molecule has 0 spiro atoms. The largest absolute Gasteiger partial charge is 0.390 e. The third kappa shape index (κ3) is 59.8. The molecule has 0 aliphatic carbocycles. The lowest BCUT2D eigenvalue weighted by molar-refractivity contribution is -0.123. The van der Waals surface area contributed by atoms with E-state index >= 15 is 0 Å². The topological polar surface area (TPSA) is 118 Å². The summed E-state index contributed by atoms with van der Waals surface area (Å²) in [4.78, 5) is 51.0. The molecule has 1 unspecified atom stereocenters. The molecule has 0 aliphatic heterocycles. The van der Waals surface area contributed by atoms with E-state index < -0.39 is 6.10 Å². The van der Waals surface area contributed by atoms with Crippen LogP contribution in [-0.2, 0) is 14.4 Å². The van der Waals surface area contributed by atoms with Gasteiger partial charge in [-0.05, 0) is 71.1 Å². The first-order valence-electron chi connectivity index (χ1n) is 36.7. The number of aliphatic hydroxyl groups is 1. The number of amides is 2. The first-order chi connectivity index (χ1) is 40.3. The van der Waals surface area contributed by atoms with E-state index in [1.807, 2.05) is 4.90 Å². The number of aliphatic hydroxyl groups excluding tert-OH is 1. The summed E-state index contributed by atoms with van der Waals surface area (Å²) >= 11 is 0. The molecule has 0 bridgehead atoms. The number of unbranched alkanes of at least 4 members (excludes halogenated alkanes) is 44. The zero-order valence-corrected chi connectivity index (χ0v) is 56.0. The van der Waals surface area contributed by atoms with Crippen molar-refractivity contribution in [3.63, 3.8) is 0 Å². The lowest BCUT2D eigenvalue weighted by Gasteiger charge is -2.29. The van der Waals surface area contributed by atoms with Crippen LogP contribution < -0.4 is 10.6 Å². The van der Waals surface area contributed by atoms with Gasteiger partial charge in [0.1, 0.15) is 0 Å². The van der Waals surface area contributed by atoms with Crippen LogP contribution in [0.4, 0.5) is 0 Å². The molecule has 2 amide bonds. The molecule has 0 aromatic heterocycles. The van der Waals surface area contributed by atoms with Crippen molar-refractivity contribution in [1.82, 2.24) is 25.3 Å². The summed E-state index contributed by atoms with van der Waals surface area (Å²) < 4.78 is 0. The van der Waals surface area contributed by atoms with Gasteiger partial charge in [-0.15, -0.1) is 0 Å². The molecule has 0 aliphatic rings. The summed E-state index contributed by atoms with van der Waals surface area (Å²) in [6.07, 6.45) is 63.6. The Bertz CT molecular complexity index is 1350. The standard InChI is InChI=1S/C72H144N6O4/c1-6-11-16-21-26-31-33-35-37-42-47-52-59-76(61-54-55-62-77(60-53-48-43-38-36-34-32-27-22-17-12-7-2)66-71(81)74-57-50-45-40-29-24-19-14-9-4)64-70(80)65-78(67-72(82)75-58-51-46-41-30-25-20-15-10-5)63-69(68-79)73-56-49-44-39-28-23-18-13-8-3/h68,70,80H,6-67H2,1-5H3,(H,74,81)(H,75,82). The zero-order chi connectivity index (χ0) is 59.7. The van der Waals surface area contributed by atoms with E-state index in [2.05, 4.69) is 55.1 Å². The van der Waals surface area contributed by atoms with Gasteiger partial charge < -0.3 is 20.6 Å². The van der Waals surface area contributed by atoms with Gasteiger partial charge in [-0.2, -0.15) is 0 Å². The summed E-state index contributed by atoms with van der Waals surface area (Å²) in [6, 6.07) is 0. The number of nitrogens with one attached hydrogen (secondary N) is 2. The number of carbonyl (C=O) groups is 3. The molecule has 0 saturated heterocycles. The third-order valence-electron chi connectivity index (χ3n) is 17.1. The summed E-state index contributed by atoms with van der Waals surface area (Å²) in [7, 11) is 0. The Morgan fingerprint density at radius 3 is 0.927 bits per heavy atom. The minimum absolute atomic E-state index is 0.0493. The van der Waals surface area contributed by atoms with E-state index in [9.17, 15) is 19.5 Å². The van der Waals surface area contributed by atoms with Gasteiger partial charge in [-0.25, -0.2) is 0 Å². The predicted octanol–water partition coefficient (Wildman–Crippen LogP) is 18.7. The second-order valence-corrected chi connectivity index (χ2v) is 25.5. The van der Waals surface area contributed by atoms with Gasteiger partial charge >= 0.3 is 0 Å². The fourth-order valence-corrected chi connectivity index (χ4v) is 11.7. The summed E-state index contributed by atoms with van der Waals surface area (Å²) in [6.45, 7) is 18.9. The highest BCUT2D eigenvalue weighted by Gasteiger charge is 2.20. The van der Waals surface area contributed by atoms with Crippen LogP contribution in [0.25, 0.3) is 0 Å². The Kier molecular flexibility index (Phi) is 65.1. The molecule has 0 saturated carbocycles. The number of hydrogen-bond donors (Lipinski definition) is 3. The van der Waals surface area contributed by atoms with Crippen molar-refractivity contribution in [2.45, 2.75) is 362 Å². The van der Waals surface area contributed by atoms with Crippen molar-refractivity contribution >= 4 is 23.8 Å². The van der Waals surface area contributed by atoms with Crippen molar-refractivity contribution in [1.29, 1.82) is 0 Å². The molecule has 82 heavy (non-hydrogen) atoms. The molecule has 0 rings (SSSR count). The van der Waals surface area contributed by atoms with E-state index in [1.165, 1.54) is 263 Å². The monoisotopic (exact) mass is 1160 g/mol. The minimum atomic E-state index is -0.675. The molecule has 1 atom stereocenters. The van der Waals surface area contributed by atoms with Crippen LogP contribution in [0.3, 0.4) is 0 Å². The fourth-order valence-electron chi connectivity index (χ4n) is 11.7. The van der Waals surface area contributed by atoms with Gasteiger partial charge in [0.25, 0.3) is 0 Å². The predicted molar refractivity (Wildman–Crippen MR) is 359 cm³/mol. The molecule has 3 N–H and O–H groups in total. The van der Waals surface area contributed by atoms with Crippen molar-refractivity contribution in [3.8, 4) is 0 Å². The quantitative estimate of drug-likeness (QED) is 0.0315. The molecular formula is C72H144N6O4. The maximum absolute atomic E-state index is 13.5. The Balaban J connectivity index is 5.83. The van der Waals surface area contributed by atoms with Crippen LogP contribution in [0.5, 0.6) is 0 Å². The van der Waals surface area contributed by atoms with E-state index in [0.29, 0.717) is 38.4 Å². The van der Waals surface area contributed by atoms with Crippen LogP contribution >= 0.6 is 0 Å². The Labute approximate surface area is 511 Å². The lowest BCUT2D eigenvalue weighted by Crippen LogP contribution is -2.46. The summed E-state index contributed by atoms with van der Waals surface area (Å²) in [5, 5.41) is 18.4. The van der Waals surface area contributed by atoms with Crippen LogP contribution in [0.1, 0.15) is 356 Å². The highest BCUT2D eigenvalue weighted by Crippen LogP contribution is 2.16. The summed E-state index contributed by atoms with van der Waals surface area (Å²) in [5.41, 5.74) is 0.467. The zero-order valence-electron chi connectivity index (χ0n) is 56.0. The van der Waals surface area contributed by atoms with Gasteiger partial charge in [-0.1, -0.05) is 311 Å². The van der Waals surface area contributed by atoms with Crippen LogP contribution in [0.15, 0.2) is 4.99 Å². The molecular weight excluding hydrogens is 1010 g/mol. The first-order valence-corrected chi connectivity index (χ1v) is 36.7. The SMILES string of the molecule is CCCCCCCCCCCCCCN(CCCCN(CCCCCCCCCCCCCC)CC(O)CN(CC(=O)NCCCCCCCCCC)CC(C=O)=NCCCCCCCCCC)CC(=O)NCCCCCCCCCC. The number of carbonyl (C=O) groups excluding carboxylic acids is 3. The van der Waals surface area contributed by atoms with Gasteiger partial charge in [0.15, 0.2) is 6.29 Å². The van der Waals surface area contributed by atoms with Gasteiger partial charge in [-0.3, -0.25) is 29.2 Å². The number of hydrogen-bond acceptors (Lipinski definition) is 8. The van der Waals surface area contributed by atoms with Crippen molar-refractivity contribution in [2.24, 2.45) is 4.99 Å². The van der Waals surface area contributed by atoms with E-state index in [1.54, 1.807) is 0 Å².